The van der Waals surface area contributed by atoms with Gasteiger partial charge < -0.3 is 14.6 Å². The number of methoxy groups -OCH3 is 1. The summed E-state index contributed by atoms with van der Waals surface area (Å²) < 4.78 is 11.8. The molecule has 5 aliphatic rings. The van der Waals surface area contributed by atoms with Crippen molar-refractivity contribution < 1.29 is 29.0 Å². The van der Waals surface area contributed by atoms with E-state index in [4.69, 9.17) is 9.47 Å². The highest BCUT2D eigenvalue weighted by atomic mass is 16.5. The van der Waals surface area contributed by atoms with Crippen LogP contribution in [0.1, 0.15) is 117 Å². The smallest absolute Gasteiger partial charge is 0.339 e. The third-order valence-corrected chi connectivity index (χ3v) is 14.6. The molecule has 5 aliphatic carbocycles. The number of hydrogen-bond acceptors (Lipinski definition) is 5. The summed E-state index contributed by atoms with van der Waals surface area (Å²) in [5.41, 5.74) is 0.317. The summed E-state index contributed by atoms with van der Waals surface area (Å²) in [6.45, 7) is 16.2. The summed E-state index contributed by atoms with van der Waals surface area (Å²) in [7, 11) is 1.49. The van der Waals surface area contributed by atoms with E-state index >= 15 is 0 Å². The summed E-state index contributed by atoms with van der Waals surface area (Å²) in [4.78, 5) is 39.6. The zero-order valence-electron chi connectivity index (χ0n) is 28.0. The van der Waals surface area contributed by atoms with E-state index in [2.05, 4.69) is 54.5 Å². The van der Waals surface area contributed by atoms with Gasteiger partial charge in [0.05, 0.1) is 12.5 Å². The molecule has 0 heterocycles. The third-order valence-electron chi connectivity index (χ3n) is 14.6. The minimum absolute atomic E-state index is 0.0889. The first-order chi connectivity index (χ1) is 20.5. The number of para-hydroxylation sites is 1. The van der Waals surface area contributed by atoms with Gasteiger partial charge in [0.25, 0.3) is 0 Å². The molecule has 0 unspecified atom stereocenters. The van der Waals surface area contributed by atoms with Gasteiger partial charge in [-0.05, 0) is 116 Å². The topological polar surface area (TPSA) is 89.9 Å². The number of carboxylic acid groups (broad SMARTS) is 1. The highest BCUT2D eigenvalue weighted by molar-refractivity contribution is 5.96. The van der Waals surface area contributed by atoms with Crippen molar-refractivity contribution in [3.05, 3.63) is 41.5 Å². The minimum atomic E-state index is -0.982. The lowest BCUT2D eigenvalue weighted by Gasteiger charge is -2.70. The molecule has 6 heteroatoms. The first kappa shape index (κ1) is 31.4. The molecule has 0 bridgehead atoms. The molecule has 4 saturated carbocycles. The van der Waals surface area contributed by atoms with Crippen LogP contribution in [0.3, 0.4) is 0 Å². The molecule has 1 aromatic carbocycles. The van der Waals surface area contributed by atoms with Crippen LogP contribution in [-0.4, -0.2) is 36.0 Å². The van der Waals surface area contributed by atoms with Crippen molar-refractivity contribution in [1.82, 2.24) is 0 Å². The Labute approximate surface area is 263 Å². The molecule has 0 amide bonds. The Morgan fingerprint density at radius 2 is 1.57 bits per heavy atom. The van der Waals surface area contributed by atoms with Crippen LogP contribution in [0, 0.1) is 50.2 Å². The molecule has 0 aromatic heterocycles. The predicted octanol–water partition coefficient (Wildman–Crippen LogP) is 8.29. The minimum Gasteiger partial charge on any atom is -0.489 e. The summed E-state index contributed by atoms with van der Waals surface area (Å²) in [6, 6.07) is 6.92. The highest BCUT2D eigenvalue weighted by Gasteiger charge is 2.70. The number of carboxylic acids is 1. The zero-order valence-corrected chi connectivity index (χ0v) is 28.0. The zero-order chi connectivity index (χ0) is 32.1. The Balaban J connectivity index is 1.36. The first-order valence-corrected chi connectivity index (χ1v) is 16.8. The molecule has 0 aliphatic heterocycles. The largest absolute Gasteiger partial charge is 0.489 e. The molecular formula is C38H52O6. The molecule has 6 nitrogen and oxygen atoms in total. The number of carbonyl (C=O) groups excluding carboxylic acids is 2. The number of benzene rings is 1. The number of ether oxygens (including phenoxy) is 2. The lowest BCUT2D eigenvalue weighted by molar-refractivity contribution is -0.199. The average Bonchev–Trinajstić information content (AvgIpc) is 2.96. The van der Waals surface area contributed by atoms with Gasteiger partial charge in [-0.25, -0.2) is 4.79 Å². The van der Waals surface area contributed by atoms with Crippen LogP contribution >= 0.6 is 0 Å². The number of allylic oxidation sites excluding steroid dienone is 2. The van der Waals surface area contributed by atoms with E-state index in [1.807, 2.05) is 6.07 Å². The summed E-state index contributed by atoms with van der Waals surface area (Å²) in [5.74, 6) is -0.0443. The maximum absolute atomic E-state index is 14.7. The van der Waals surface area contributed by atoms with Gasteiger partial charge in [-0.15, -0.1) is 0 Å². The fourth-order valence-corrected chi connectivity index (χ4v) is 11.7. The quantitative estimate of drug-likeness (QED) is 0.348. The van der Waals surface area contributed by atoms with Gasteiger partial charge in [0, 0.05) is 11.3 Å². The number of carbonyl (C=O) groups is 3. The second-order valence-corrected chi connectivity index (χ2v) is 17.0. The van der Waals surface area contributed by atoms with Gasteiger partial charge in [0.1, 0.15) is 17.4 Å². The molecular weight excluding hydrogens is 552 g/mol. The molecule has 1 aromatic rings. The molecule has 240 valence electrons. The van der Waals surface area contributed by atoms with E-state index in [1.165, 1.54) is 12.7 Å². The molecule has 4 fully saturated rings. The van der Waals surface area contributed by atoms with Crippen molar-refractivity contribution in [3.63, 3.8) is 0 Å². The third kappa shape index (κ3) is 4.14. The Bertz CT molecular complexity index is 1430. The summed E-state index contributed by atoms with van der Waals surface area (Å²) in [6.07, 6.45) is 10.3. The molecule has 6 rings (SSSR count). The summed E-state index contributed by atoms with van der Waals surface area (Å²) in [5, 5.41) is 9.77. The van der Waals surface area contributed by atoms with E-state index in [1.54, 1.807) is 18.2 Å². The fourth-order valence-electron chi connectivity index (χ4n) is 11.7. The van der Waals surface area contributed by atoms with Crippen LogP contribution in [-0.2, 0) is 14.3 Å². The monoisotopic (exact) mass is 604 g/mol. The van der Waals surface area contributed by atoms with Crippen LogP contribution < -0.4 is 4.74 Å². The number of aromatic carboxylic acids is 1. The van der Waals surface area contributed by atoms with Gasteiger partial charge >= 0.3 is 11.9 Å². The van der Waals surface area contributed by atoms with Crippen molar-refractivity contribution in [3.8, 4) is 5.75 Å². The number of esters is 1. The van der Waals surface area contributed by atoms with Crippen molar-refractivity contribution in [2.24, 2.45) is 50.2 Å². The number of fused-ring (bicyclic) bond motifs is 7. The summed E-state index contributed by atoms with van der Waals surface area (Å²) >= 11 is 0. The molecule has 0 saturated heterocycles. The van der Waals surface area contributed by atoms with Gasteiger partial charge in [0.2, 0.25) is 0 Å². The Morgan fingerprint density at radius 3 is 2.25 bits per heavy atom. The van der Waals surface area contributed by atoms with E-state index in [9.17, 15) is 19.5 Å². The van der Waals surface area contributed by atoms with E-state index in [0.717, 1.165) is 57.8 Å². The van der Waals surface area contributed by atoms with Gasteiger partial charge in [-0.3, -0.25) is 9.59 Å². The predicted molar refractivity (Wildman–Crippen MR) is 169 cm³/mol. The highest BCUT2D eigenvalue weighted by Crippen LogP contribution is 2.75. The normalized spacial score (nSPS) is 44.2. The maximum atomic E-state index is 14.7. The Hall–Kier alpha value is -2.63. The number of rotatable bonds is 4. The van der Waals surface area contributed by atoms with Crippen molar-refractivity contribution in [2.75, 3.05) is 7.11 Å². The van der Waals surface area contributed by atoms with E-state index < -0.39 is 11.4 Å². The molecule has 1 N–H and O–H groups in total. The number of hydrogen-bond donors (Lipinski definition) is 1. The van der Waals surface area contributed by atoms with Crippen LogP contribution in [0.4, 0.5) is 0 Å². The molecule has 0 radical (unpaired) electrons. The van der Waals surface area contributed by atoms with Crippen LogP contribution in [0.5, 0.6) is 5.75 Å². The van der Waals surface area contributed by atoms with E-state index in [-0.39, 0.29) is 68.2 Å². The van der Waals surface area contributed by atoms with Gasteiger partial charge in [0.15, 0.2) is 5.78 Å². The molecule has 0 spiro atoms. The second-order valence-electron chi connectivity index (χ2n) is 17.0. The van der Waals surface area contributed by atoms with Crippen LogP contribution in [0.25, 0.3) is 0 Å². The SMILES string of the molecule is COC(=O)[C@@]1(C)CC[C@]2(C)CC[C@]3(C)C(=CC(=O)[C@@H]4[C@@]5(C)CC[C@@H](Oc6ccccc6C(=O)O)C(C)(C)[C@@H]5CC[C@]43C)[C@H]2C1. The molecule has 44 heavy (non-hydrogen) atoms. The van der Waals surface area contributed by atoms with Crippen molar-refractivity contribution in [1.29, 1.82) is 0 Å². The lowest BCUT2D eigenvalue weighted by Crippen LogP contribution is -2.67. The fraction of sp³-hybridized carbons (Fsp3) is 0.711. The number of ketones is 1. The Morgan fingerprint density at radius 1 is 0.886 bits per heavy atom. The van der Waals surface area contributed by atoms with Crippen molar-refractivity contribution in [2.45, 2.75) is 112 Å². The second kappa shape index (κ2) is 9.93. The Kier molecular flexibility index (Phi) is 7.08. The molecule has 9 atom stereocenters. The van der Waals surface area contributed by atoms with Crippen molar-refractivity contribution >= 4 is 17.7 Å². The van der Waals surface area contributed by atoms with Crippen LogP contribution in [0.15, 0.2) is 35.9 Å². The van der Waals surface area contributed by atoms with Gasteiger partial charge in [-0.1, -0.05) is 59.2 Å². The van der Waals surface area contributed by atoms with Gasteiger partial charge in [-0.2, -0.15) is 0 Å². The lowest BCUT2D eigenvalue weighted by atomic mass is 9.33. The standard InChI is InChI=1S/C38H52O6/c1-33(2)28-13-16-38(7)30(36(28,5)15-14-29(33)44-27-12-10-9-11-23(27)31(40)41)26(39)21-24-25-22-35(4,32(42)43-8)18-17-34(25,3)19-20-37(24,38)6/h9-12,21,25,28-30H,13-20,22H2,1-8H3,(H,40,41)/t25-,28+,29-,30-,34-,35+,36+,37-,38-/m1/s1. The van der Waals surface area contributed by atoms with Crippen LogP contribution in [0.2, 0.25) is 0 Å². The maximum Gasteiger partial charge on any atom is 0.339 e. The van der Waals surface area contributed by atoms with E-state index in [0.29, 0.717) is 5.75 Å². The average molecular weight is 605 g/mol. The first-order valence-electron chi connectivity index (χ1n) is 16.8.